The summed E-state index contributed by atoms with van der Waals surface area (Å²) in [5.41, 5.74) is 0.991. The van der Waals surface area contributed by atoms with Crippen molar-refractivity contribution in [2.75, 3.05) is 45.6 Å². The summed E-state index contributed by atoms with van der Waals surface area (Å²) in [6.45, 7) is 7.51. The molecular weight excluding hydrogens is 358 g/mol. The molecule has 8 heteroatoms. The number of benzene rings is 1. The van der Waals surface area contributed by atoms with Crippen LogP contribution in [0.4, 0.5) is 0 Å². The fourth-order valence-corrected chi connectivity index (χ4v) is 3.57. The molecular formula is C17H27N3O3S2. The first-order valence-corrected chi connectivity index (χ1v) is 10.8. The molecule has 0 radical (unpaired) electrons. The summed E-state index contributed by atoms with van der Waals surface area (Å²) in [4.78, 5) is 2.72. The molecule has 1 aliphatic heterocycles. The molecule has 0 bridgehead atoms. The Hall–Kier alpha value is -1.22. The van der Waals surface area contributed by atoms with Crippen LogP contribution in [-0.4, -0.2) is 64.1 Å². The molecule has 25 heavy (non-hydrogen) atoms. The van der Waals surface area contributed by atoms with Gasteiger partial charge >= 0.3 is 0 Å². The Bertz CT molecular complexity index is 656. The maximum Gasteiger partial charge on any atom is 0.175 e. The predicted octanol–water partition coefficient (Wildman–Crippen LogP) is 1.34. The van der Waals surface area contributed by atoms with Crippen molar-refractivity contribution < 1.29 is 13.2 Å². The van der Waals surface area contributed by atoms with Crippen molar-refractivity contribution >= 4 is 27.2 Å². The molecule has 1 aromatic rings. The number of nitrogens with one attached hydrogen (secondary N) is 2. The van der Waals surface area contributed by atoms with E-state index in [-0.39, 0.29) is 6.04 Å². The minimum atomic E-state index is -3.16. The normalized spacial score (nSPS) is 17.0. The summed E-state index contributed by atoms with van der Waals surface area (Å²) in [7, 11) is -3.16. The number of thiocarbonyl (C=S) groups is 1. The third kappa shape index (κ3) is 6.89. The highest BCUT2D eigenvalue weighted by molar-refractivity contribution is 7.90. The molecule has 0 aromatic heterocycles. The first-order valence-electron chi connectivity index (χ1n) is 8.51. The standard InChI is InChI=1S/C17H27N3O3S2/c1-14(15-4-6-16(7-5-15)25(2,21)22)19-17(24)18-8-3-9-20-10-12-23-13-11-20/h4-7,14H,3,8-13H2,1-2H3,(H2,18,19,24)/t14-/m0/s1. The predicted molar refractivity (Wildman–Crippen MR) is 104 cm³/mol. The minimum absolute atomic E-state index is 0.00727. The van der Waals surface area contributed by atoms with Gasteiger partial charge in [-0.15, -0.1) is 0 Å². The zero-order chi connectivity index (χ0) is 18.3. The summed E-state index contributed by atoms with van der Waals surface area (Å²) in [6.07, 6.45) is 2.24. The summed E-state index contributed by atoms with van der Waals surface area (Å²) in [6, 6.07) is 6.89. The van der Waals surface area contributed by atoms with Crippen molar-refractivity contribution in [3.05, 3.63) is 29.8 Å². The highest BCUT2D eigenvalue weighted by atomic mass is 32.2. The molecule has 0 saturated carbocycles. The average molecular weight is 386 g/mol. The number of morpholine rings is 1. The van der Waals surface area contributed by atoms with Gasteiger partial charge in [0.05, 0.1) is 24.2 Å². The van der Waals surface area contributed by atoms with Gasteiger partial charge in [0.1, 0.15) is 0 Å². The maximum absolute atomic E-state index is 11.5. The maximum atomic E-state index is 11.5. The Morgan fingerprint density at radius 1 is 1.28 bits per heavy atom. The second-order valence-electron chi connectivity index (χ2n) is 6.27. The van der Waals surface area contributed by atoms with Gasteiger partial charge in [0.2, 0.25) is 0 Å². The van der Waals surface area contributed by atoms with Gasteiger partial charge in [-0.05, 0) is 49.8 Å². The fourth-order valence-electron chi connectivity index (χ4n) is 2.66. The average Bonchev–Trinajstić information content (AvgIpc) is 2.59. The summed E-state index contributed by atoms with van der Waals surface area (Å²) in [5, 5.41) is 7.07. The molecule has 1 saturated heterocycles. The zero-order valence-corrected chi connectivity index (χ0v) is 16.5. The van der Waals surface area contributed by atoms with Crippen molar-refractivity contribution in [2.24, 2.45) is 0 Å². The van der Waals surface area contributed by atoms with Gasteiger partial charge in [0.25, 0.3) is 0 Å². The van der Waals surface area contributed by atoms with E-state index in [1.54, 1.807) is 12.1 Å². The lowest BCUT2D eigenvalue weighted by molar-refractivity contribution is 0.0376. The molecule has 140 valence electrons. The largest absolute Gasteiger partial charge is 0.379 e. The van der Waals surface area contributed by atoms with E-state index in [1.165, 1.54) is 6.26 Å². The Balaban J connectivity index is 1.70. The van der Waals surface area contributed by atoms with Crippen LogP contribution in [-0.2, 0) is 14.6 Å². The lowest BCUT2D eigenvalue weighted by Gasteiger charge is -2.26. The molecule has 0 unspecified atom stereocenters. The minimum Gasteiger partial charge on any atom is -0.379 e. The van der Waals surface area contributed by atoms with Crippen LogP contribution >= 0.6 is 12.2 Å². The van der Waals surface area contributed by atoms with E-state index < -0.39 is 9.84 Å². The monoisotopic (exact) mass is 385 g/mol. The van der Waals surface area contributed by atoms with Crippen LogP contribution in [0.15, 0.2) is 29.2 Å². The summed E-state index contributed by atoms with van der Waals surface area (Å²) >= 11 is 5.33. The highest BCUT2D eigenvalue weighted by Gasteiger charge is 2.11. The van der Waals surface area contributed by atoms with E-state index in [2.05, 4.69) is 15.5 Å². The van der Waals surface area contributed by atoms with Crippen LogP contribution in [0.5, 0.6) is 0 Å². The van der Waals surface area contributed by atoms with Crippen molar-refractivity contribution in [3.63, 3.8) is 0 Å². The van der Waals surface area contributed by atoms with Crippen molar-refractivity contribution in [1.29, 1.82) is 0 Å². The number of rotatable bonds is 7. The number of nitrogens with zero attached hydrogens (tertiary/aromatic N) is 1. The Kier molecular flexibility index (Phi) is 7.61. The lowest BCUT2D eigenvalue weighted by Crippen LogP contribution is -2.40. The Morgan fingerprint density at radius 3 is 2.52 bits per heavy atom. The van der Waals surface area contributed by atoms with Crippen molar-refractivity contribution in [1.82, 2.24) is 15.5 Å². The number of hydrogen-bond acceptors (Lipinski definition) is 5. The van der Waals surface area contributed by atoms with Crippen molar-refractivity contribution in [2.45, 2.75) is 24.3 Å². The molecule has 0 spiro atoms. The van der Waals surface area contributed by atoms with E-state index >= 15 is 0 Å². The Labute approximate surface area is 155 Å². The van der Waals surface area contributed by atoms with Gasteiger partial charge < -0.3 is 15.4 Å². The molecule has 1 aliphatic rings. The molecule has 6 nitrogen and oxygen atoms in total. The van der Waals surface area contributed by atoms with Crippen LogP contribution in [0.1, 0.15) is 24.9 Å². The van der Waals surface area contributed by atoms with E-state index in [1.807, 2.05) is 19.1 Å². The van der Waals surface area contributed by atoms with E-state index in [4.69, 9.17) is 17.0 Å². The molecule has 1 fully saturated rings. The SMILES string of the molecule is C[C@H](NC(=S)NCCCN1CCOCC1)c1ccc(S(C)(=O)=O)cc1. The molecule has 0 amide bonds. The number of sulfone groups is 1. The van der Waals surface area contributed by atoms with E-state index in [9.17, 15) is 8.42 Å². The fraction of sp³-hybridized carbons (Fsp3) is 0.588. The quantitative estimate of drug-likeness (QED) is 0.542. The van der Waals surface area contributed by atoms with Crippen LogP contribution in [0.2, 0.25) is 0 Å². The second kappa shape index (κ2) is 9.47. The summed E-state index contributed by atoms with van der Waals surface area (Å²) in [5.74, 6) is 0. The van der Waals surface area contributed by atoms with Crippen LogP contribution in [0.3, 0.4) is 0 Å². The van der Waals surface area contributed by atoms with E-state index in [0.29, 0.717) is 10.0 Å². The van der Waals surface area contributed by atoms with Gasteiger partial charge in [-0.25, -0.2) is 8.42 Å². The molecule has 0 aliphatic carbocycles. The third-order valence-corrected chi connectivity index (χ3v) is 5.59. The topological polar surface area (TPSA) is 70.7 Å². The first-order chi connectivity index (χ1) is 11.9. The highest BCUT2D eigenvalue weighted by Crippen LogP contribution is 2.16. The molecule has 2 N–H and O–H groups in total. The van der Waals surface area contributed by atoms with Gasteiger partial charge in [0.15, 0.2) is 14.9 Å². The third-order valence-electron chi connectivity index (χ3n) is 4.20. The van der Waals surface area contributed by atoms with Crippen LogP contribution in [0, 0.1) is 0 Å². The second-order valence-corrected chi connectivity index (χ2v) is 8.69. The molecule has 1 aromatic carbocycles. The smallest absolute Gasteiger partial charge is 0.175 e. The number of ether oxygens (including phenoxy) is 1. The van der Waals surface area contributed by atoms with E-state index in [0.717, 1.165) is 51.4 Å². The van der Waals surface area contributed by atoms with Gasteiger partial charge in [-0.2, -0.15) is 0 Å². The molecule has 1 atom stereocenters. The van der Waals surface area contributed by atoms with Crippen LogP contribution in [0.25, 0.3) is 0 Å². The van der Waals surface area contributed by atoms with Gasteiger partial charge in [-0.3, -0.25) is 4.90 Å². The zero-order valence-electron chi connectivity index (χ0n) is 14.8. The van der Waals surface area contributed by atoms with Gasteiger partial charge in [-0.1, -0.05) is 12.1 Å². The lowest BCUT2D eigenvalue weighted by atomic mass is 10.1. The molecule has 2 rings (SSSR count). The van der Waals surface area contributed by atoms with Gasteiger partial charge in [0, 0.05) is 25.9 Å². The molecule has 1 heterocycles. The van der Waals surface area contributed by atoms with Crippen molar-refractivity contribution in [3.8, 4) is 0 Å². The first kappa shape index (κ1) is 20.1. The number of hydrogen-bond donors (Lipinski definition) is 2. The van der Waals surface area contributed by atoms with Crippen LogP contribution < -0.4 is 10.6 Å². The summed E-state index contributed by atoms with van der Waals surface area (Å²) < 4.78 is 28.3. The Morgan fingerprint density at radius 2 is 1.92 bits per heavy atom.